The van der Waals surface area contributed by atoms with Crippen molar-refractivity contribution in [3.63, 3.8) is 0 Å². The number of unbranched alkanes of at least 4 members (excludes halogenated alkanes) is 2. The molecule has 1 heterocycles. The normalized spacial score (nSPS) is 17.7. The second-order valence-electron chi connectivity index (χ2n) is 6.59. The van der Waals surface area contributed by atoms with Crippen LogP contribution in [0.15, 0.2) is 24.3 Å². The summed E-state index contributed by atoms with van der Waals surface area (Å²) in [5.41, 5.74) is 2.81. The van der Waals surface area contributed by atoms with E-state index in [2.05, 4.69) is 55.1 Å². The van der Waals surface area contributed by atoms with Crippen molar-refractivity contribution in [1.29, 1.82) is 0 Å². The quantitative estimate of drug-likeness (QED) is 0.661. The number of anilines is 1. The van der Waals surface area contributed by atoms with E-state index in [9.17, 15) is 0 Å². The molecule has 1 aliphatic heterocycles. The Morgan fingerprint density at radius 3 is 2.24 bits per heavy atom. The van der Waals surface area contributed by atoms with Gasteiger partial charge >= 0.3 is 0 Å². The van der Waals surface area contributed by atoms with Gasteiger partial charge in [-0.1, -0.05) is 44.7 Å². The molecule has 1 unspecified atom stereocenters. The zero-order chi connectivity index (χ0) is 15.1. The van der Waals surface area contributed by atoms with Crippen LogP contribution < -0.4 is 4.90 Å². The molecule has 0 saturated carbocycles. The topological polar surface area (TPSA) is 6.48 Å². The summed E-state index contributed by atoms with van der Waals surface area (Å²) in [6.45, 7) is 4.86. The number of piperidine rings is 1. The van der Waals surface area contributed by atoms with Gasteiger partial charge in [-0.25, -0.2) is 0 Å². The smallest absolute Gasteiger partial charge is 0.0361 e. The third-order valence-electron chi connectivity index (χ3n) is 4.71. The maximum absolute atomic E-state index is 2.73. The van der Waals surface area contributed by atoms with Crippen molar-refractivity contribution < 1.29 is 0 Å². The lowest BCUT2D eigenvalue weighted by molar-refractivity contribution is 0.153. The molecule has 0 aliphatic carbocycles. The minimum atomic E-state index is 0.632. The van der Waals surface area contributed by atoms with Crippen LogP contribution in [0.3, 0.4) is 0 Å². The average molecular weight is 288 g/mol. The summed E-state index contributed by atoms with van der Waals surface area (Å²) in [5.74, 6) is 0. The van der Waals surface area contributed by atoms with Gasteiger partial charge in [-0.3, -0.25) is 4.90 Å². The molecule has 1 fully saturated rings. The minimum Gasteiger partial charge on any atom is -0.378 e. The molecule has 2 heteroatoms. The average Bonchev–Trinajstić information content (AvgIpc) is 2.53. The van der Waals surface area contributed by atoms with Gasteiger partial charge in [-0.2, -0.15) is 0 Å². The summed E-state index contributed by atoms with van der Waals surface area (Å²) in [5, 5.41) is 0. The maximum Gasteiger partial charge on any atom is 0.0361 e. The van der Waals surface area contributed by atoms with E-state index in [4.69, 9.17) is 0 Å². The molecule has 118 valence electrons. The number of likely N-dealkylation sites (tertiary alicyclic amines) is 1. The van der Waals surface area contributed by atoms with E-state index in [1.807, 2.05) is 0 Å². The number of benzene rings is 1. The van der Waals surface area contributed by atoms with Crippen LogP contribution in [0.4, 0.5) is 5.69 Å². The third kappa shape index (κ3) is 4.74. The highest BCUT2D eigenvalue weighted by atomic mass is 15.2. The summed E-state index contributed by atoms with van der Waals surface area (Å²) in [6, 6.07) is 9.87. The fraction of sp³-hybridized carbons (Fsp3) is 0.684. The number of hydrogen-bond acceptors (Lipinski definition) is 2. The molecule has 1 saturated heterocycles. The molecule has 0 bridgehead atoms. The Labute approximate surface area is 131 Å². The van der Waals surface area contributed by atoms with Crippen molar-refractivity contribution in [2.75, 3.05) is 32.1 Å². The first-order valence-electron chi connectivity index (χ1n) is 8.73. The fourth-order valence-corrected chi connectivity index (χ4v) is 3.37. The Hall–Kier alpha value is -1.02. The van der Waals surface area contributed by atoms with Gasteiger partial charge in [-0.15, -0.1) is 0 Å². The van der Waals surface area contributed by atoms with Gasteiger partial charge in [0.25, 0.3) is 0 Å². The summed E-state index contributed by atoms with van der Waals surface area (Å²) in [4.78, 5) is 4.90. The number of nitrogens with zero attached hydrogens (tertiary/aromatic N) is 2. The van der Waals surface area contributed by atoms with Crippen molar-refractivity contribution >= 4 is 5.69 Å². The van der Waals surface area contributed by atoms with Crippen LogP contribution in [0.2, 0.25) is 0 Å². The predicted octanol–water partition coefficient (Wildman–Crippen LogP) is 4.86. The minimum absolute atomic E-state index is 0.632. The van der Waals surface area contributed by atoms with Gasteiger partial charge in [0.15, 0.2) is 0 Å². The SMILES string of the molecule is CCCCCC(c1ccc(N(C)C)cc1)N1CCCCC1. The van der Waals surface area contributed by atoms with Gasteiger partial charge in [0, 0.05) is 25.8 Å². The lowest BCUT2D eigenvalue weighted by Crippen LogP contribution is -2.33. The standard InChI is InChI=1S/C19H32N2/c1-4-5-7-10-19(21-15-8-6-9-16-21)17-11-13-18(14-12-17)20(2)3/h11-14,19H,4-10,15-16H2,1-3H3. The molecular formula is C19H32N2. The third-order valence-corrected chi connectivity index (χ3v) is 4.71. The summed E-state index contributed by atoms with van der Waals surface area (Å²) in [6.07, 6.45) is 9.51. The largest absolute Gasteiger partial charge is 0.378 e. The summed E-state index contributed by atoms with van der Waals surface area (Å²) < 4.78 is 0. The van der Waals surface area contributed by atoms with Crippen molar-refractivity contribution in [1.82, 2.24) is 4.90 Å². The lowest BCUT2D eigenvalue weighted by atomic mass is 9.96. The Balaban J connectivity index is 2.08. The molecule has 0 N–H and O–H groups in total. The summed E-state index contributed by atoms with van der Waals surface area (Å²) in [7, 11) is 4.22. The Morgan fingerprint density at radius 1 is 1.00 bits per heavy atom. The first-order valence-corrected chi connectivity index (χ1v) is 8.73. The van der Waals surface area contributed by atoms with Gasteiger partial charge in [-0.05, 0) is 50.0 Å². The van der Waals surface area contributed by atoms with Crippen LogP contribution in [-0.4, -0.2) is 32.1 Å². The number of rotatable bonds is 7. The molecule has 0 radical (unpaired) electrons. The van der Waals surface area contributed by atoms with Crippen molar-refractivity contribution in [2.45, 2.75) is 57.9 Å². The summed E-state index contributed by atoms with van der Waals surface area (Å²) >= 11 is 0. The van der Waals surface area contributed by atoms with Crippen molar-refractivity contribution in [3.05, 3.63) is 29.8 Å². The Kier molecular flexibility index (Phi) is 6.56. The zero-order valence-corrected chi connectivity index (χ0v) is 14.1. The molecular weight excluding hydrogens is 256 g/mol. The molecule has 0 amide bonds. The van der Waals surface area contributed by atoms with Gasteiger partial charge in [0.05, 0.1) is 0 Å². The van der Waals surface area contributed by atoms with E-state index in [1.54, 1.807) is 0 Å². The molecule has 2 rings (SSSR count). The fourth-order valence-electron chi connectivity index (χ4n) is 3.37. The first kappa shape index (κ1) is 16.4. The highest BCUT2D eigenvalue weighted by molar-refractivity contribution is 5.46. The maximum atomic E-state index is 2.73. The van der Waals surface area contributed by atoms with E-state index in [0.29, 0.717) is 6.04 Å². The molecule has 1 atom stereocenters. The van der Waals surface area contributed by atoms with Crippen LogP contribution in [-0.2, 0) is 0 Å². The van der Waals surface area contributed by atoms with E-state index in [1.165, 1.54) is 69.3 Å². The van der Waals surface area contributed by atoms with Gasteiger partial charge in [0.2, 0.25) is 0 Å². The number of hydrogen-bond donors (Lipinski definition) is 0. The first-order chi connectivity index (χ1) is 10.2. The van der Waals surface area contributed by atoms with Crippen molar-refractivity contribution in [3.8, 4) is 0 Å². The lowest BCUT2D eigenvalue weighted by Gasteiger charge is -2.35. The second kappa shape index (κ2) is 8.43. The monoisotopic (exact) mass is 288 g/mol. The highest BCUT2D eigenvalue weighted by Gasteiger charge is 2.21. The van der Waals surface area contributed by atoms with Crippen LogP contribution >= 0.6 is 0 Å². The molecule has 1 aromatic rings. The van der Waals surface area contributed by atoms with Crippen molar-refractivity contribution in [2.24, 2.45) is 0 Å². The van der Waals surface area contributed by atoms with Gasteiger partial charge in [0.1, 0.15) is 0 Å². The van der Waals surface area contributed by atoms with Crippen LogP contribution in [0, 0.1) is 0 Å². The molecule has 2 nitrogen and oxygen atoms in total. The van der Waals surface area contributed by atoms with E-state index in [-0.39, 0.29) is 0 Å². The Morgan fingerprint density at radius 2 is 1.67 bits per heavy atom. The molecule has 0 aromatic heterocycles. The van der Waals surface area contributed by atoms with Crippen LogP contribution in [0.25, 0.3) is 0 Å². The molecule has 1 aliphatic rings. The van der Waals surface area contributed by atoms with Crippen LogP contribution in [0.1, 0.15) is 63.5 Å². The van der Waals surface area contributed by atoms with E-state index < -0.39 is 0 Å². The van der Waals surface area contributed by atoms with Crippen LogP contribution in [0.5, 0.6) is 0 Å². The molecule has 1 aromatic carbocycles. The van der Waals surface area contributed by atoms with E-state index in [0.717, 1.165) is 0 Å². The Bertz CT molecular complexity index is 391. The molecule has 0 spiro atoms. The second-order valence-corrected chi connectivity index (χ2v) is 6.59. The van der Waals surface area contributed by atoms with Gasteiger partial charge < -0.3 is 4.90 Å². The highest BCUT2D eigenvalue weighted by Crippen LogP contribution is 2.30. The zero-order valence-electron chi connectivity index (χ0n) is 14.1. The predicted molar refractivity (Wildman–Crippen MR) is 93.1 cm³/mol. The van der Waals surface area contributed by atoms with E-state index >= 15 is 0 Å². The molecule has 21 heavy (non-hydrogen) atoms.